The van der Waals surface area contributed by atoms with E-state index in [1.54, 1.807) is 0 Å². The second kappa shape index (κ2) is 9.96. The van der Waals surface area contributed by atoms with Gasteiger partial charge in [-0.15, -0.1) is 0 Å². The van der Waals surface area contributed by atoms with Gasteiger partial charge >= 0.3 is 0 Å². The number of carbonyl (C=O) groups excluding carboxylic acids is 1. The standard InChI is InChI=1S/C23H30N4O2/c1-4-24-23(25-14-17-10-11-21(29-5-2)16(3)12-17)26-15-18-13-22(28)27-20-9-7-6-8-19(18)20/h6-12,18H,4-5,13-15H2,1-3H3,(H,27,28)(H2,24,25,26). The van der Waals surface area contributed by atoms with Crippen molar-refractivity contribution >= 4 is 17.6 Å². The van der Waals surface area contributed by atoms with Gasteiger partial charge in [0.2, 0.25) is 5.91 Å². The molecule has 154 valence electrons. The van der Waals surface area contributed by atoms with Crippen molar-refractivity contribution in [3.05, 3.63) is 59.2 Å². The zero-order valence-corrected chi connectivity index (χ0v) is 17.4. The van der Waals surface area contributed by atoms with Crippen LogP contribution in [0.2, 0.25) is 0 Å². The van der Waals surface area contributed by atoms with Crippen LogP contribution < -0.4 is 20.7 Å². The Morgan fingerprint density at radius 3 is 2.79 bits per heavy atom. The number of rotatable bonds is 7. The van der Waals surface area contributed by atoms with Crippen LogP contribution in [0.3, 0.4) is 0 Å². The number of benzene rings is 2. The molecular weight excluding hydrogens is 364 g/mol. The van der Waals surface area contributed by atoms with E-state index in [-0.39, 0.29) is 11.8 Å². The number of aliphatic imine (C=N–C) groups is 1. The maximum Gasteiger partial charge on any atom is 0.225 e. The van der Waals surface area contributed by atoms with Crippen LogP contribution in [0.1, 0.15) is 42.9 Å². The molecule has 1 atom stereocenters. The first-order chi connectivity index (χ1) is 14.1. The lowest BCUT2D eigenvalue weighted by atomic mass is 9.90. The number of hydrogen-bond acceptors (Lipinski definition) is 3. The van der Waals surface area contributed by atoms with Gasteiger partial charge in [-0.05, 0) is 49.6 Å². The Morgan fingerprint density at radius 1 is 1.21 bits per heavy atom. The molecule has 29 heavy (non-hydrogen) atoms. The first-order valence-corrected chi connectivity index (χ1v) is 10.2. The average molecular weight is 395 g/mol. The van der Waals surface area contributed by atoms with Crippen LogP contribution in [0.25, 0.3) is 0 Å². The van der Waals surface area contributed by atoms with Crippen molar-refractivity contribution in [2.24, 2.45) is 4.99 Å². The van der Waals surface area contributed by atoms with Crippen molar-refractivity contribution in [3.63, 3.8) is 0 Å². The molecule has 1 aliphatic rings. The van der Waals surface area contributed by atoms with E-state index in [2.05, 4.69) is 28.1 Å². The predicted molar refractivity (Wildman–Crippen MR) is 118 cm³/mol. The van der Waals surface area contributed by atoms with E-state index in [1.807, 2.05) is 51.1 Å². The van der Waals surface area contributed by atoms with E-state index in [4.69, 9.17) is 9.73 Å². The summed E-state index contributed by atoms with van der Waals surface area (Å²) in [5.41, 5.74) is 4.31. The highest BCUT2D eigenvalue weighted by atomic mass is 16.5. The molecule has 0 radical (unpaired) electrons. The van der Waals surface area contributed by atoms with E-state index in [0.717, 1.165) is 40.6 Å². The van der Waals surface area contributed by atoms with Gasteiger partial charge in [0.15, 0.2) is 5.96 Å². The van der Waals surface area contributed by atoms with Crippen LogP contribution in [0, 0.1) is 6.92 Å². The molecule has 6 heteroatoms. The van der Waals surface area contributed by atoms with Crippen LogP contribution in [0.4, 0.5) is 5.69 Å². The third-order valence-electron chi connectivity index (χ3n) is 4.93. The molecule has 0 spiro atoms. The maximum atomic E-state index is 12.0. The van der Waals surface area contributed by atoms with Crippen molar-refractivity contribution in [3.8, 4) is 5.75 Å². The molecule has 3 N–H and O–H groups in total. The molecule has 0 saturated heterocycles. The fraction of sp³-hybridized carbons (Fsp3) is 0.391. The normalized spacial score (nSPS) is 16.0. The number of ether oxygens (including phenoxy) is 1. The molecule has 1 heterocycles. The molecule has 2 aromatic rings. The second-order valence-electron chi connectivity index (χ2n) is 7.15. The van der Waals surface area contributed by atoms with E-state index in [9.17, 15) is 4.79 Å². The minimum Gasteiger partial charge on any atom is -0.494 e. The first-order valence-electron chi connectivity index (χ1n) is 10.2. The summed E-state index contributed by atoms with van der Waals surface area (Å²) in [4.78, 5) is 16.7. The summed E-state index contributed by atoms with van der Waals surface area (Å²) in [6.45, 7) is 8.74. The summed E-state index contributed by atoms with van der Waals surface area (Å²) in [5.74, 6) is 1.85. The van der Waals surface area contributed by atoms with Crippen molar-refractivity contribution in [2.75, 3.05) is 25.0 Å². The van der Waals surface area contributed by atoms with Crippen LogP contribution in [-0.4, -0.2) is 31.6 Å². The zero-order chi connectivity index (χ0) is 20.6. The minimum absolute atomic E-state index is 0.0577. The summed E-state index contributed by atoms with van der Waals surface area (Å²) in [7, 11) is 0. The summed E-state index contributed by atoms with van der Waals surface area (Å²) in [6, 6.07) is 14.1. The van der Waals surface area contributed by atoms with Crippen molar-refractivity contribution in [2.45, 2.75) is 39.7 Å². The summed E-state index contributed by atoms with van der Waals surface area (Å²) in [6.07, 6.45) is 0.474. The maximum absolute atomic E-state index is 12.0. The fourth-order valence-corrected chi connectivity index (χ4v) is 3.54. The lowest BCUT2D eigenvalue weighted by molar-refractivity contribution is -0.116. The van der Waals surface area contributed by atoms with E-state index < -0.39 is 0 Å². The van der Waals surface area contributed by atoms with Crippen molar-refractivity contribution in [1.82, 2.24) is 10.6 Å². The lowest BCUT2D eigenvalue weighted by Gasteiger charge is -2.26. The lowest BCUT2D eigenvalue weighted by Crippen LogP contribution is -2.40. The molecule has 0 fully saturated rings. The second-order valence-corrected chi connectivity index (χ2v) is 7.15. The van der Waals surface area contributed by atoms with Gasteiger partial charge in [-0.2, -0.15) is 0 Å². The number of amides is 1. The number of hydrogen-bond donors (Lipinski definition) is 3. The molecular formula is C23H30N4O2. The van der Waals surface area contributed by atoms with Crippen molar-refractivity contribution < 1.29 is 9.53 Å². The Kier molecular flexibility index (Phi) is 7.11. The number of para-hydroxylation sites is 1. The largest absolute Gasteiger partial charge is 0.494 e. The van der Waals surface area contributed by atoms with Gasteiger partial charge < -0.3 is 20.7 Å². The summed E-state index contributed by atoms with van der Waals surface area (Å²) in [5, 5.41) is 9.64. The zero-order valence-electron chi connectivity index (χ0n) is 17.4. The SMILES string of the molecule is CCNC(=NCc1ccc(OCC)c(C)c1)NCC1CC(=O)Nc2ccccc21. The molecule has 1 unspecified atom stereocenters. The summed E-state index contributed by atoms with van der Waals surface area (Å²) >= 11 is 0. The Morgan fingerprint density at radius 2 is 2.03 bits per heavy atom. The van der Waals surface area contributed by atoms with Gasteiger partial charge in [-0.25, -0.2) is 4.99 Å². The van der Waals surface area contributed by atoms with Crippen LogP contribution in [-0.2, 0) is 11.3 Å². The molecule has 1 amide bonds. The Labute approximate surface area is 172 Å². The Balaban J connectivity index is 1.66. The molecule has 0 aliphatic carbocycles. The number of carbonyl (C=O) groups is 1. The van der Waals surface area contributed by atoms with Gasteiger partial charge in [-0.3, -0.25) is 4.79 Å². The molecule has 2 aromatic carbocycles. The molecule has 1 aliphatic heterocycles. The highest BCUT2D eigenvalue weighted by molar-refractivity contribution is 5.94. The van der Waals surface area contributed by atoms with Crippen LogP contribution in [0.15, 0.2) is 47.5 Å². The average Bonchev–Trinajstić information content (AvgIpc) is 2.71. The highest BCUT2D eigenvalue weighted by Crippen LogP contribution is 2.31. The third-order valence-corrected chi connectivity index (χ3v) is 4.93. The topological polar surface area (TPSA) is 74.8 Å². The predicted octanol–water partition coefficient (Wildman–Crippen LogP) is 3.57. The monoisotopic (exact) mass is 394 g/mol. The number of nitrogens with zero attached hydrogens (tertiary/aromatic N) is 1. The molecule has 6 nitrogen and oxygen atoms in total. The molecule has 3 rings (SSSR count). The Bertz CT molecular complexity index is 879. The van der Waals surface area contributed by atoms with Gasteiger partial charge in [0.1, 0.15) is 5.75 Å². The van der Waals surface area contributed by atoms with Crippen LogP contribution >= 0.6 is 0 Å². The van der Waals surface area contributed by atoms with Gasteiger partial charge in [0.05, 0.1) is 13.2 Å². The highest BCUT2D eigenvalue weighted by Gasteiger charge is 2.24. The third kappa shape index (κ3) is 5.50. The fourth-order valence-electron chi connectivity index (χ4n) is 3.54. The smallest absolute Gasteiger partial charge is 0.225 e. The molecule has 0 saturated carbocycles. The Hall–Kier alpha value is -3.02. The number of anilines is 1. The number of fused-ring (bicyclic) bond motifs is 1. The number of aryl methyl sites for hydroxylation is 1. The molecule has 0 aromatic heterocycles. The van der Waals surface area contributed by atoms with E-state index in [0.29, 0.717) is 26.1 Å². The number of nitrogens with one attached hydrogen (secondary N) is 3. The van der Waals surface area contributed by atoms with Gasteiger partial charge in [-0.1, -0.05) is 30.3 Å². The van der Waals surface area contributed by atoms with Gasteiger partial charge in [0.25, 0.3) is 0 Å². The van der Waals surface area contributed by atoms with E-state index in [1.165, 1.54) is 0 Å². The summed E-state index contributed by atoms with van der Waals surface area (Å²) < 4.78 is 5.61. The quantitative estimate of drug-likeness (QED) is 0.496. The van der Waals surface area contributed by atoms with Crippen molar-refractivity contribution in [1.29, 1.82) is 0 Å². The van der Waals surface area contributed by atoms with Crippen LogP contribution in [0.5, 0.6) is 5.75 Å². The minimum atomic E-state index is 0.0577. The number of guanidine groups is 1. The molecule has 0 bridgehead atoms. The van der Waals surface area contributed by atoms with E-state index >= 15 is 0 Å². The first kappa shape index (κ1) is 20.7. The van der Waals surface area contributed by atoms with Gasteiger partial charge in [0, 0.05) is 31.1 Å².